The highest BCUT2D eigenvalue weighted by atomic mass is 14.5. The van der Waals surface area contributed by atoms with Crippen LogP contribution in [0.15, 0.2) is 23.3 Å². The molecular weight excluding hydrogens is 264 g/mol. The lowest BCUT2D eigenvalue weighted by Crippen LogP contribution is -2.32. The fraction of sp³-hybridized carbons (Fsp3) is 0.727. The van der Waals surface area contributed by atoms with Crippen molar-refractivity contribution in [2.75, 3.05) is 0 Å². The van der Waals surface area contributed by atoms with E-state index in [0.29, 0.717) is 11.3 Å². The van der Waals surface area contributed by atoms with Gasteiger partial charge in [-0.1, -0.05) is 44.1 Å². The maximum absolute atomic E-state index is 6.25. The Bertz CT molecular complexity index is 468. The van der Waals surface area contributed by atoms with Crippen molar-refractivity contribution >= 4 is 0 Å². The van der Waals surface area contributed by atoms with Crippen LogP contribution in [0.2, 0.25) is 0 Å². The first-order chi connectivity index (χ1) is 10.4. The zero-order valence-electron chi connectivity index (χ0n) is 14.6. The summed E-state index contributed by atoms with van der Waals surface area (Å²) in [7, 11) is 0. The number of fused-ring (bicyclic) bond motifs is 1. The average Bonchev–Trinajstić information content (AvgIpc) is 2.77. The minimum absolute atomic E-state index is 0.233. The van der Waals surface area contributed by atoms with E-state index in [9.17, 15) is 0 Å². The monoisotopic (exact) mass is 296 g/mol. The van der Waals surface area contributed by atoms with E-state index in [1.165, 1.54) is 37.7 Å². The number of hydrogen-bond donors (Lipinski definition) is 0. The summed E-state index contributed by atoms with van der Waals surface area (Å²) < 4.78 is 0. The molecule has 0 bridgehead atoms. The van der Waals surface area contributed by atoms with E-state index in [1.54, 1.807) is 5.57 Å². The Hall–Kier alpha value is -0.520. The van der Waals surface area contributed by atoms with Gasteiger partial charge >= 0.3 is 0 Å². The molecule has 0 aromatic rings. The van der Waals surface area contributed by atoms with Gasteiger partial charge in [-0.05, 0) is 93.8 Å². The second kappa shape index (κ2) is 6.17. The lowest BCUT2D eigenvalue weighted by atomic mass is 9.64. The molecule has 0 spiro atoms. The summed E-state index contributed by atoms with van der Waals surface area (Å²) in [5, 5.41) is 0. The van der Waals surface area contributed by atoms with Gasteiger partial charge in [0, 0.05) is 0 Å². The molecule has 0 aromatic heterocycles. The van der Waals surface area contributed by atoms with E-state index >= 15 is 0 Å². The largest absolute Gasteiger partial charge is 0.0668 e. The van der Waals surface area contributed by atoms with E-state index in [-0.39, 0.29) is 11.8 Å². The molecule has 0 amide bonds. The summed E-state index contributed by atoms with van der Waals surface area (Å²) >= 11 is 0. The van der Waals surface area contributed by atoms with Crippen LogP contribution < -0.4 is 0 Å². The smallest absolute Gasteiger partial charge is 0.0143 e. The Morgan fingerprint density at radius 2 is 1.82 bits per heavy atom. The molecule has 0 N–H and O–H groups in total. The molecule has 3 unspecified atom stereocenters. The van der Waals surface area contributed by atoms with Gasteiger partial charge < -0.3 is 0 Å². The maximum Gasteiger partial charge on any atom is -0.0143 e. The van der Waals surface area contributed by atoms with Crippen LogP contribution in [0.5, 0.6) is 0 Å². The Kier molecular flexibility index (Phi) is 4.59. The highest BCUT2D eigenvalue weighted by molar-refractivity contribution is 5.26. The van der Waals surface area contributed by atoms with E-state index in [1.807, 2.05) is 0 Å². The number of hydrogen-bond acceptors (Lipinski definition) is 0. The molecule has 3 aliphatic carbocycles. The van der Waals surface area contributed by atoms with Crippen molar-refractivity contribution in [1.82, 2.24) is 0 Å². The predicted octanol–water partition coefficient (Wildman–Crippen LogP) is 6.16. The molecule has 0 aromatic carbocycles. The van der Waals surface area contributed by atoms with Crippen LogP contribution in [0, 0.1) is 48.9 Å². The molecule has 6 atom stereocenters. The van der Waals surface area contributed by atoms with Gasteiger partial charge in [0.2, 0.25) is 0 Å². The number of allylic oxidation sites excluding steroid dienone is 4. The molecule has 3 fully saturated rings. The first kappa shape index (κ1) is 16.3. The van der Waals surface area contributed by atoms with E-state index in [0.717, 1.165) is 24.7 Å². The lowest BCUT2D eigenvalue weighted by molar-refractivity contribution is 0.147. The summed E-state index contributed by atoms with van der Waals surface area (Å²) in [4.78, 5) is 0. The van der Waals surface area contributed by atoms with Gasteiger partial charge in [-0.2, -0.15) is 0 Å². The van der Waals surface area contributed by atoms with Gasteiger partial charge in [0.05, 0.1) is 0 Å². The highest BCUT2D eigenvalue weighted by Gasteiger charge is 2.46. The van der Waals surface area contributed by atoms with Crippen molar-refractivity contribution < 1.29 is 0 Å². The molecular formula is C22H32. The van der Waals surface area contributed by atoms with Crippen LogP contribution in [0.25, 0.3) is 0 Å². The van der Waals surface area contributed by atoms with E-state index in [2.05, 4.69) is 32.9 Å². The van der Waals surface area contributed by atoms with Crippen LogP contribution in [0.3, 0.4) is 0 Å². The molecule has 22 heavy (non-hydrogen) atoms. The molecule has 0 saturated heterocycles. The first-order valence-corrected chi connectivity index (χ1v) is 9.32. The van der Waals surface area contributed by atoms with E-state index in [4.69, 9.17) is 13.8 Å². The lowest BCUT2D eigenvalue weighted by Gasteiger charge is -2.41. The Morgan fingerprint density at radius 3 is 2.59 bits per heavy atom. The fourth-order valence-electron chi connectivity index (χ4n) is 5.33. The van der Waals surface area contributed by atoms with Gasteiger partial charge in [0.25, 0.3) is 0 Å². The second-order valence-corrected chi connectivity index (χ2v) is 8.53. The van der Waals surface area contributed by atoms with Gasteiger partial charge in [-0.25, -0.2) is 0 Å². The molecule has 0 heteroatoms. The minimum Gasteiger partial charge on any atom is -0.0668 e. The van der Waals surface area contributed by atoms with Crippen LogP contribution >= 0.6 is 0 Å². The van der Waals surface area contributed by atoms with Gasteiger partial charge in [0.1, 0.15) is 0 Å². The quantitative estimate of drug-likeness (QED) is 0.543. The summed E-state index contributed by atoms with van der Waals surface area (Å²) in [5.41, 5.74) is 3.72. The predicted molar refractivity (Wildman–Crippen MR) is 94.0 cm³/mol. The summed E-state index contributed by atoms with van der Waals surface area (Å²) in [6, 6.07) is 0. The van der Waals surface area contributed by atoms with Gasteiger partial charge in [-0.15, -0.1) is 0 Å². The SMILES string of the molecule is [CH][C@@H]1C/C(=C/C=C2\CCCC3(C)C(C)CCC23)[C@H](C)[C@@H]([CH])C1. The van der Waals surface area contributed by atoms with Crippen LogP contribution in [0.1, 0.15) is 65.7 Å². The van der Waals surface area contributed by atoms with Gasteiger partial charge in [-0.3, -0.25) is 0 Å². The molecule has 3 aliphatic rings. The highest BCUT2D eigenvalue weighted by Crippen LogP contribution is 2.57. The molecule has 0 nitrogen and oxygen atoms in total. The van der Waals surface area contributed by atoms with Crippen molar-refractivity contribution in [2.45, 2.75) is 65.7 Å². The summed E-state index contributed by atoms with van der Waals surface area (Å²) in [5.74, 6) is 2.66. The third kappa shape index (κ3) is 2.83. The maximum atomic E-state index is 6.25. The van der Waals surface area contributed by atoms with E-state index < -0.39 is 0 Å². The topological polar surface area (TPSA) is 0 Å². The third-order valence-electron chi connectivity index (χ3n) is 7.25. The zero-order valence-corrected chi connectivity index (χ0v) is 14.6. The van der Waals surface area contributed by atoms with Crippen LogP contribution in [0.4, 0.5) is 0 Å². The summed E-state index contributed by atoms with van der Waals surface area (Å²) in [6.45, 7) is 19.7. The Labute approximate surface area is 138 Å². The normalized spacial score (nSPS) is 49.6. The molecule has 3 saturated carbocycles. The second-order valence-electron chi connectivity index (χ2n) is 8.53. The number of rotatable bonds is 1. The molecule has 0 aliphatic heterocycles. The van der Waals surface area contributed by atoms with Crippen molar-refractivity contribution in [3.63, 3.8) is 0 Å². The van der Waals surface area contributed by atoms with Crippen LogP contribution in [-0.2, 0) is 0 Å². The third-order valence-corrected chi connectivity index (χ3v) is 7.25. The summed E-state index contributed by atoms with van der Waals surface area (Å²) in [6.07, 6.45) is 13.7. The minimum atomic E-state index is 0.233. The zero-order chi connectivity index (χ0) is 15.9. The average molecular weight is 296 g/mol. The van der Waals surface area contributed by atoms with Gasteiger partial charge in [0.15, 0.2) is 0 Å². The Morgan fingerprint density at radius 1 is 1.09 bits per heavy atom. The Balaban J connectivity index is 1.81. The standard InChI is InChI=1S/C22H32/c1-15-13-16(2)18(4)20(14-15)10-9-19-7-6-12-22(5)17(3)8-11-21(19)22/h1-2,9-10,15-18,21H,6-8,11-14H2,3-5H3/b19-9+,20-10-/t15-,16-,17?,18+,21?,22?/m0/s1. The fourth-order valence-corrected chi connectivity index (χ4v) is 5.33. The first-order valence-electron chi connectivity index (χ1n) is 9.32. The molecule has 3 rings (SSSR count). The van der Waals surface area contributed by atoms with Crippen molar-refractivity contribution in [2.24, 2.45) is 35.0 Å². The van der Waals surface area contributed by atoms with Crippen molar-refractivity contribution in [3.05, 3.63) is 37.1 Å². The van der Waals surface area contributed by atoms with Crippen molar-refractivity contribution in [1.29, 1.82) is 0 Å². The molecule has 120 valence electrons. The van der Waals surface area contributed by atoms with Crippen molar-refractivity contribution in [3.8, 4) is 0 Å². The molecule has 4 radical (unpaired) electrons. The van der Waals surface area contributed by atoms with Crippen LogP contribution in [-0.4, -0.2) is 0 Å². The molecule has 0 heterocycles.